The number of rotatable bonds is 0. The van der Waals surface area contributed by atoms with E-state index in [9.17, 15) is 9.59 Å². The van der Waals surface area contributed by atoms with Gasteiger partial charge in [-0.3, -0.25) is 9.59 Å². The van der Waals surface area contributed by atoms with Gasteiger partial charge in [0.15, 0.2) is 11.6 Å². The van der Waals surface area contributed by atoms with Crippen LogP contribution in [0.3, 0.4) is 0 Å². The van der Waals surface area contributed by atoms with E-state index in [2.05, 4.69) is 36.4 Å². The predicted molar refractivity (Wildman–Crippen MR) is 96.7 cm³/mol. The van der Waals surface area contributed by atoms with Gasteiger partial charge < -0.3 is 0 Å². The van der Waals surface area contributed by atoms with Crippen LogP contribution in [0.15, 0.2) is 60.7 Å². The normalized spacial score (nSPS) is 28.2. The third kappa shape index (κ3) is 1.22. The summed E-state index contributed by atoms with van der Waals surface area (Å²) in [5.74, 6) is 0.0611. The second-order valence-corrected chi connectivity index (χ2v) is 7.90. The lowest BCUT2D eigenvalue weighted by Gasteiger charge is -2.23. The van der Waals surface area contributed by atoms with Crippen LogP contribution in [0.2, 0.25) is 0 Å². The van der Waals surface area contributed by atoms with Gasteiger partial charge in [0.25, 0.3) is 0 Å². The molecule has 0 amide bonds. The molecule has 4 bridgehead atoms. The number of carbonyl (C=O) groups is 2. The fraction of sp³-hybridized carbons (Fsp3) is 0.167. The first kappa shape index (κ1) is 13.2. The van der Waals surface area contributed by atoms with E-state index in [4.69, 9.17) is 0 Å². The minimum atomic E-state index is -0.138. The quantitative estimate of drug-likeness (QED) is 0.622. The fourth-order valence-electron chi connectivity index (χ4n) is 5.97. The summed E-state index contributed by atoms with van der Waals surface area (Å²) in [6.45, 7) is 0. The van der Waals surface area contributed by atoms with Crippen LogP contribution in [0, 0.1) is 0 Å². The highest BCUT2D eigenvalue weighted by molar-refractivity contribution is 6.09. The van der Waals surface area contributed by atoms with Gasteiger partial charge in [-0.05, 0) is 44.5 Å². The van der Waals surface area contributed by atoms with Crippen LogP contribution in [-0.4, -0.2) is 11.6 Å². The van der Waals surface area contributed by atoms with E-state index in [0.717, 1.165) is 44.5 Å². The summed E-state index contributed by atoms with van der Waals surface area (Å²) in [4.78, 5) is 26.0. The number of carbonyl (C=O) groups excluding carboxylic acids is 2. The van der Waals surface area contributed by atoms with Gasteiger partial charge in [0.1, 0.15) is 0 Å². The zero-order chi connectivity index (χ0) is 17.2. The molecule has 0 heterocycles. The van der Waals surface area contributed by atoms with E-state index >= 15 is 0 Å². The van der Waals surface area contributed by atoms with Crippen molar-refractivity contribution in [3.63, 3.8) is 0 Å². The monoisotopic (exact) mass is 334 g/mol. The molecule has 0 fully saturated rings. The number of hydrogen-bond acceptors (Lipinski definition) is 2. The Labute approximate surface area is 150 Å². The summed E-state index contributed by atoms with van der Waals surface area (Å²) in [5, 5.41) is 0. The molecule has 2 heteroatoms. The summed E-state index contributed by atoms with van der Waals surface area (Å²) < 4.78 is 0. The molecular weight excluding hydrogens is 320 g/mol. The summed E-state index contributed by atoms with van der Waals surface area (Å²) in [5.41, 5.74) is 9.17. The highest BCUT2D eigenvalue weighted by atomic mass is 16.1. The molecule has 4 atom stereocenters. The van der Waals surface area contributed by atoms with Gasteiger partial charge in [0.2, 0.25) is 0 Å². The molecule has 0 radical (unpaired) electrons. The maximum atomic E-state index is 13.0. The van der Waals surface area contributed by atoms with Crippen LogP contribution in [0.4, 0.5) is 0 Å². The van der Waals surface area contributed by atoms with E-state index < -0.39 is 0 Å². The smallest absolute Gasteiger partial charge is 0.156 e. The summed E-state index contributed by atoms with van der Waals surface area (Å²) in [6.07, 6.45) is 0. The van der Waals surface area contributed by atoms with Crippen LogP contribution in [0.25, 0.3) is 0 Å². The van der Waals surface area contributed by atoms with Crippen LogP contribution < -0.4 is 0 Å². The fourth-order valence-corrected chi connectivity index (χ4v) is 5.97. The van der Waals surface area contributed by atoms with Crippen molar-refractivity contribution in [3.8, 4) is 0 Å². The van der Waals surface area contributed by atoms with Gasteiger partial charge in [-0.1, -0.05) is 60.7 Å². The molecule has 2 nitrogen and oxygen atoms in total. The Hall–Kier alpha value is -3.00. The Balaban J connectivity index is 1.50. The molecule has 26 heavy (non-hydrogen) atoms. The summed E-state index contributed by atoms with van der Waals surface area (Å²) in [7, 11) is 0. The van der Waals surface area contributed by atoms with Crippen molar-refractivity contribution in [2.24, 2.45) is 0 Å². The van der Waals surface area contributed by atoms with E-state index in [-0.39, 0.29) is 23.7 Å². The van der Waals surface area contributed by atoms with Crippen LogP contribution in [0.5, 0.6) is 0 Å². The number of benzene rings is 3. The molecule has 4 aliphatic rings. The molecule has 0 saturated heterocycles. The van der Waals surface area contributed by atoms with Crippen molar-refractivity contribution < 1.29 is 9.59 Å². The molecule has 1 unspecified atom stereocenters. The molecule has 3 aromatic carbocycles. The molecule has 0 spiro atoms. The Bertz CT molecular complexity index is 1020. The first-order chi connectivity index (χ1) is 12.8. The first-order valence-corrected chi connectivity index (χ1v) is 9.18. The standard InChI is InChI=1S/C24H14O2/c25-23-19-11-5-1-2-6-12(11)20(23)16-10-18-17(9-15(16)19)21-13-7-3-4-8-14(13)22(18)24(21)26/h1-10,19-22H/t19-,20-,21-,22?/m1/s1. The number of Topliss-reactive ketones (excluding diaryl/α,β-unsaturated/α-hetero) is 2. The van der Waals surface area contributed by atoms with Crippen molar-refractivity contribution in [3.05, 3.63) is 105 Å². The molecule has 0 saturated carbocycles. The van der Waals surface area contributed by atoms with E-state index in [0.29, 0.717) is 11.6 Å². The lowest BCUT2D eigenvalue weighted by molar-refractivity contribution is -0.119. The van der Waals surface area contributed by atoms with Crippen molar-refractivity contribution in [2.45, 2.75) is 23.7 Å². The molecule has 0 aromatic heterocycles. The van der Waals surface area contributed by atoms with Gasteiger partial charge in [0.05, 0.1) is 23.7 Å². The number of hydrogen-bond donors (Lipinski definition) is 0. The van der Waals surface area contributed by atoms with Crippen LogP contribution >= 0.6 is 0 Å². The summed E-state index contributed by atoms with van der Waals surface area (Å²) >= 11 is 0. The lowest BCUT2D eigenvalue weighted by atomic mass is 9.79. The predicted octanol–water partition coefficient (Wildman–Crippen LogP) is 4.01. The average molecular weight is 334 g/mol. The second-order valence-electron chi connectivity index (χ2n) is 7.90. The van der Waals surface area contributed by atoms with Gasteiger partial charge in [-0.2, -0.15) is 0 Å². The zero-order valence-electron chi connectivity index (χ0n) is 13.9. The van der Waals surface area contributed by atoms with Gasteiger partial charge in [0, 0.05) is 0 Å². The maximum Gasteiger partial charge on any atom is 0.156 e. The van der Waals surface area contributed by atoms with Crippen molar-refractivity contribution in [1.29, 1.82) is 0 Å². The highest BCUT2D eigenvalue weighted by Crippen LogP contribution is 2.59. The first-order valence-electron chi connectivity index (χ1n) is 9.18. The van der Waals surface area contributed by atoms with E-state index in [1.54, 1.807) is 0 Å². The van der Waals surface area contributed by atoms with Gasteiger partial charge in [-0.15, -0.1) is 0 Å². The Morgan fingerprint density at radius 1 is 0.423 bits per heavy atom. The Kier molecular flexibility index (Phi) is 2.06. The Morgan fingerprint density at radius 2 is 0.692 bits per heavy atom. The third-order valence-corrected chi connectivity index (χ3v) is 6.91. The molecule has 4 aliphatic carbocycles. The van der Waals surface area contributed by atoms with E-state index in [1.807, 2.05) is 24.3 Å². The van der Waals surface area contributed by atoms with Crippen LogP contribution in [0.1, 0.15) is 68.2 Å². The second kappa shape index (κ2) is 4.04. The minimum Gasteiger partial charge on any atom is -0.298 e. The van der Waals surface area contributed by atoms with Crippen molar-refractivity contribution >= 4 is 11.6 Å². The molecule has 3 aromatic rings. The Morgan fingerprint density at radius 3 is 0.962 bits per heavy atom. The lowest BCUT2D eigenvalue weighted by Crippen LogP contribution is -2.08. The average Bonchev–Trinajstić information content (AvgIpc) is 3.31. The zero-order valence-corrected chi connectivity index (χ0v) is 13.9. The SMILES string of the molecule is O=C1C2c3ccccc3[C@@H]1c1cc3c(cc12)[C@@H]1C(=O)[C@@H]3c2ccccc21. The highest BCUT2D eigenvalue weighted by Gasteiger charge is 2.53. The molecule has 7 rings (SSSR count). The summed E-state index contributed by atoms with van der Waals surface area (Å²) in [6, 6.07) is 20.8. The third-order valence-electron chi connectivity index (χ3n) is 6.91. The van der Waals surface area contributed by atoms with Gasteiger partial charge in [-0.25, -0.2) is 0 Å². The molecule has 0 aliphatic heterocycles. The van der Waals surface area contributed by atoms with Crippen LogP contribution in [-0.2, 0) is 9.59 Å². The topological polar surface area (TPSA) is 34.1 Å². The maximum absolute atomic E-state index is 13.0. The number of ketones is 2. The van der Waals surface area contributed by atoms with Crippen molar-refractivity contribution in [2.75, 3.05) is 0 Å². The molecular formula is C24H14O2. The molecule has 122 valence electrons. The molecule has 0 N–H and O–H groups in total. The van der Waals surface area contributed by atoms with Gasteiger partial charge >= 0.3 is 0 Å². The minimum absolute atomic E-state index is 0.138. The van der Waals surface area contributed by atoms with E-state index in [1.165, 1.54) is 0 Å². The van der Waals surface area contributed by atoms with Crippen molar-refractivity contribution in [1.82, 2.24) is 0 Å². The largest absolute Gasteiger partial charge is 0.298 e. The number of fused-ring (bicyclic) bond motifs is 16.